The van der Waals surface area contributed by atoms with E-state index in [-0.39, 0.29) is 12.5 Å². The maximum absolute atomic E-state index is 12.6. The predicted octanol–water partition coefficient (Wildman–Crippen LogP) is 4.08. The number of hydrogen-bond acceptors (Lipinski definition) is 4. The van der Waals surface area contributed by atoms with E-state index in [2.05, 4.69) is 12.1 Å². The smallest absolute Gasteiger partial charge is 0.251 e. The molecule has 0 unspecified atom stereocenters. The summed E-state index contributed by atoms with van der Waals surface area (Å²) in [5.41, 5.74) is 2.87. The van der Waals surface area contributed by atoms with Crippen molar-refractivity contribution in [3.63, 3.8) is 0 Å². The first kappa shape index (κ1) is 21.4. The summed E-state index contributed by atoms with van der Waals surface area (Å²) in [5, 5.41) is 6.75. The lowest BCUT2D eigenvalue weighted by Gasteiger charge is -2.33. The first-order chi connectivity index (χ1) is 15.1. The maximum Gasteiger partial charge on any atom is 0.251 e. The molecule has 0 saturated carbocycles. The third kappa shape index (κ3) is 5.65. The fourth-order valence-corrected chi connectivity index (χ4v) is 4.36. The number of benzene rings is 1. The van der Waals surface area contributed by atoms with Crippen molar-refractivity contribution in [3.05, 3.63) is 71.2 Å². The number of thiophene rings is 1. The van der Waals surface area contributed by atoms with Gasteiger partial charge in [0, 0.05) is 44.0 Å². The van der Waals surface area contributed by atoms with Gasteiger partial charge in [-0.1, -0.05) is 36.4 Å². The highest BCUT2D eigenvalue weighted by atomic mass is 32.1. The van der Waals surface area contributed by atoms with Crippen LogP contribution in [0.15, 0.2) is 60.1 Å². The highest BCUT2D eigenvalue weighted by molar-refractivity contribution is 7.13. The van der Waals surface area contributed by atoms with Crippen LogP contribution in [0.1, 0.15) is 11.1 Å². The van der Waals surface area contributed by atoms with Crippen LogP contribution in [0.25, 0.3) is 16.6 Å². The molecule has 8 heteroatoms. The molecule has 0 bridgehead atoms. The third-order valence-electron chi connectivity index (χ3n) is 5.22. The molecule has 1 aliphatic heterocycles. The van der Waals surface area contributed by atoms with Crippen LogP contribution in [0.2, 0.25) is 0 Å². The van der Waals surface area contributed by atoms with Crippen LogP contribution >= 0.6 is 11.3 Å². The number of carbonyl (C=O) groups is 1. The van der Waals surface area contributed by atoms with Gasteiger partial charge in [-0.3, -0.25) is 14.4 Å². The van der Waals surface area contributed by atoms with E-state index in [0.29, 0.717) is 32.7 Å². The van der Waals surface area contributed by atoms with E-state index < -0.39 is 6.43 Å². The molecular weight excluding hydrogens is 418 g/mol. The summed E-state index contributed by atoms with van der Waals surface area (Å²) in [6.07, 6.45) is 2.97. The Labute approximate surface area is 184 Å². The lowest BCUT2D eigenvalue weighted by atomic mass is 10.2. The molecule has 0 spiro atoms. The Hall–Kier alpha value is -2.84. The number of carbonyl (C=O) groups excluding carboxylic acids is 1. The molecule has 1 aliphatic rings. The number of rotatable bonds is 7. The zero-order valence-electron chi connectivity index (χ0n) is 17.0. The van der Waals surface area contributed by atoms with Gasteiger partial charge in [0.25, 0.3) is 6.43 Å². The topological polar surface area (TPSA) is 41.4 Å². The molecule has 1 aromatic carbocycles. The lowest BCUT2D eigenvalue weighted by molar-refractivity contribution is -0.127. The quantitative estimate of drug-likeness (QED) is 0.518. The average Bonchev–Trinajstić information content (AvgIpc) is 3.43. The Morgan fingerprint density at radius 3 is 2.55 bits per heavy atom. The summed E-state index contributed by atoms with van der Waals surface area (Å²) >= 11 is 1.61. The van der Waals surface area contributed by atoms with E-state index in [1.165, 1.54) is 0 Å². The van der Waals surface area contributed by atoms with Crippen molar-refractivity contribution in [2.24, 2.45) is 0 Å². The summed E-state index contributed by atoms with van der Waals surface area (Å²) < 4.78 is 27.0. The summed E-state index contributed by atoms with van der Waals surface area (Å²) in [6.45, 7) is 2.27. The summed E-state index contributed by atoms with van der Waals surface area (Å²) in [7, 11) is 0. The predicted molar refractivity (Wildman–Crippen MR) is 119 cm³/mol. The molecule has 0 atom stereocenters. The number of aromatic nitrogens is 2. The fourth-order valence-electron chi connectivity index (χ4n) is 3.63. The van der Waals surface area contributed by atoms with Gasteiger partial charge in [-0.2, -0.15) is 5.10 Å². The normalized spacial score (nSPS) is 15.3. The first-order valence-electron chi connectivity index (χ1n) is 10.2. The van der Waals surface area contributed by atoms with Gasteiger partial charge >= 0.3 is 0 Å². The Morgan fingerprint density at radius 1 is 1.10 bits per heavy atom. The van der Waals surface area contributed by atoms with Crippen molar-refractivity contribution >= 4 is 23.3 Å². The van der Waals surface area contributed by atoms with Gasteiger partial charge in [0.15, 0.2) is 0 Å². The van der Waals surface area contributed by atoms with Crippen LogP contribution in [0.4, 0.5) is 8.78 Å². The molecule has 2 aromatic heterocycles. The summed E-state index contributed by atoms with van der Waals surface area (Å²) in [5.74, 6) is -0.107. The molecule has 1 amide bonds. The van der Waals surface area contributed by atoms with Crippen molar-refractivity contribution in [2.75, 3.05) is 32.7 Å². The van der Waals surface area contributed by atoms with E-state index >= 15 is 0 Å². The monoisotopic (exact) mass is 442 g/mol. The third-order valence-corrected chi connectivity index (χ3v) is 6.09. The minimum atomic E-state index is -2.34. The molecule has 5 nitrogen and oxygen atoms in total. The van der Waals surface area contributed by atoms with Crippen molar-refractivity contribution in [1.29, 1.82) is 0 Å². The second-order valence-electron chi connectivity index (χ2n) is 7.44. The minimum absolute atomic E-state index is 0.107. The Kier molecular flexibility index (Phi) is 6.89. The second kappa shape index (κ2) is 9.98. The average molecular weight is 443 g/mol. The molecule has 4 rings (SSSR count). The van der Waals surface area contributed by atoms with Gasteiger partial charge < -0.3 is 4.90 Å². The van der Waals surface area contributed by atoms with Crippen molar-refractivity contribution in [1.82, 2.24) is 19.6 Å². The fraction of sp³-hybridized carbons (Fsp3) is 0.304. The first-order valence-corrected chi connectivity index (χ1v) is 11.1. The Balaban J connectivity index is 1.47. The van der Waals surface area contributed by atoms with Gasteiger partial charge in [0.2, 0.25) is 5.91 Å². The van der Waals surface area contributed by atoms with E-state index in [1.54, 1.807) is 33.3 Å². The largest absolute Gasteiger partial charge is 0.337 e. The molecule has 0 N–H and O–H groups in total. The number of piperazine rings is 1. The zero-order valence-corrected chi connectivity index (χ0v) is 17.8. The van der Waals surface area contributed by atoms with E-state index in [1.807, 2.05) is 46.6 Å². The van der Waals surface area contributed by atoms with Crippen molar-refractivity contribution < 1.29 is 13.6 Å². The molecule has 1 saturated heterocycles. The van der Waals surface area contributed by atoms with Crippen molar-refractivity contribution in [2.45, 2.75) is 13.0 Å². The molecule has 162 valence electrons. The second-order valence-corrected chi connectivity index (χ2v) is 8.39. The van der Waals surface area contributed by atoms with Crippen molar-refractivity contribution in [3.8, 4) is 10.6 Å². The Morgan fingerprint density at radius 2 is 1.87 bits per heavy atom. The summed E-state index contributed by atoms with van der Waals surface area (Å²) in [6, 6.07) is 14.1. The number of nitrogens with zero attached hydrogens (tertiary/aromatic N) is 4. The summed E-state index contributed by atoms with van der Waals surface area (Å²) in [4.78, 5) is 17.1. The number of hydrogen-bond donors (Lipinski definition) is 0. The number of amides is 1. The molecule has 3 heterocycles. The standard InChI is InChI=1S/C23H24F2N4OS/c24-21(25)17-27-10-12-28(13-11-27)22(30)9-8-19-16-29(15-18-5-2-1-3-6-18)26-23(19)20-7-4-14-31-20/h1-9,14,16,21H,10-13,15,17H2/b9-8+. The number of alkyl halides is 2. The zero-order chi connectivity index (χ0) is 21.6. The maximum atomic E-state index is 12.6. The van der Waals surface area contributed by atoms with Gasteiger partial charge in [-0.15, -0.1) is 11.3 Å². The molecule has 0 aliphatic carbocycles. The van der Waals surface area contributed by atoms with Crippen LogP contribution in [0, 0.1) is 0 Å². The Bertz CT molecular complexity index is 1010. The van der Waals surface area contributed by atoms with Crippen LogP contribution < -0.4 is 0 Å². The SMILES string of the molecule is O=C(/C=C/c1cn(Cc2ccccc2)nc1-c1cccs1)N1CCN(CC(F)F)CC1. The molecule has 31 heavy (non-hydrogen) atoms. The number of halogens is 2. The van der Waals surface area contributed by atoms with Crippen LogP contribution in [0.3, 0.4) is 0 Å². The molecule has 3 aromatic rings. The van der Waals surface area contributed by atoms with Gasteiger partial charge in [-0.05, 0) is 23.1 Å². The van der Waals surface area contributed by atoms with E-state index in [9.17, 15) is 13.6 Å². The molecule has 1 fully saturated rings. The van der Waals surface area contributed by atoms with E-state index in [0.717, 1.165) is 21.7 Å². The minimum Gasteiger partial charge on any atom is -0.337 e. The van der Waals surface area contributed by atoms with Crippen LogP contribution in [-0.4, -0.2) is 64.6 Å². The van der Waals surface area contributed by atoms with Crippen LogP contribution in [-0.2, 0) is 11.3 Å². The molecular formula is C23H24F2N4OS. The lowest BCUT2D eigenvalue weighted by Crippen LogP contribution is -2.49. The van der Waals surface area contributed by atoms with Gasteiger partial charge in [0.1, 0.15) is 5.69 Å². The highest BCUT2D eigenvalue weighted by Gasteiger charge is 2.21. The van der Waals surface area contributed by atoms with Gasteiger partial charge in [0.05, 0.1) is 18.0 Å². The van der Waals surface area contributed by atoms with E-state index in [4.69, 9.17) is 5.10 Å². The van der Waals surface area contributed by atoms with Crippen LogP contribution in [0.5, 0.6) is 0 Å². The highest BCUT2D eigenvalue weighted by Crippen LogP contribution is 2.28. The molecule has 0 radical (unpaired) electrons. The van der Waals surface area contributed by atoms with Gasteiger partial charge in [-0.25, -0.2) is 8.78 Å².